The molecule has 2 rings (SSSR count). The molecule has 0 spiro atoms. The molecule has 0 radical (unpaired) electrons. The van der Waals surface area contributed by atoms with Gasteiger partial charge >= 0.3 is 0 Å². The van der Waals surface area contributed by atoms with E-state index < -0.39 is 0 Å². The summed E-state index contributed by atoms with van der Waals surface area (Å²) in [4.78, 5) is 4.12. The molecule has 0 amide bonds. The molecular weight excluding hydrogens is 196 g/mol. The van der Waals surface area contributed by atoms with Crippen molar-refractivity contribution in [2.75, 3.05) is 0 Å². The number of aromatic nitrogens is 4. The molecule has 6 nitrogen and oxygen atoms in total. The molecule has 0 aliphatic heterocycles. The number of hydrogen-bond acceptors (Lipinski definition) is 5. The Hall–Kier alpha value is -1.69. The number of aliphatic hydroxyl groups excluding tert-OH is 1. The first-order chi connectivity index (χ1) is 7.22. The van der Waals surface area contributed by atoms with Crippen LogP contribution < -0.4 is 0 Å². The van der Waals surface area contributed by atoms with Crippen LogP contribution in [0.3, 0.4) is 0 Å². The van der Waals surface area contributed by atoms with Gasteiger partial charge in [-0.3, -0.25) is 0 Å². The van der Waals surface area contributed by atoms with Crippen molar-refractivity contribution in [3.8, 4) is 0 Å². The summed E-state index contributed by atoms with van der Waals surface area (Å²) in [5, 5.41) is 16.5. The molecule has 0 fully saturated rings. The molecule has 0 saturated heterocycles. The Bertz CT molecular complexity index is 448. The first kappa shape index (κ1) is 9.85. The first-order valence-corrected chi connectivity index (χ1v) is 4.64. The summed E-state index contributed by atoms with van der Waals surface area (Å²) in [7, 11) is 0. The molecule has 2 heterocycles. The van der Waals surface area contributed by atoms with Gasteiger partial charge in [-0.2, -0.15) is 0 Å². The van der Waals surface area contributed by atoms with E-state index in [0.717, 1.165) is 5.76 Å². The zero-order valence-electron chi connectivity index (χ0n) is 8.58. The predicted octanol–water partition coefficient (Wildman–Crippen LogP) is 0.676. The summed E-state index contributed by atoms with van der Waals surface area (Å²) in [6, 6.07) is -0.115. The Balaban J connectivity index is 2.31. The Kier molecular flexibility index (Phi) is 2.51. The van der Waals surface area contributed by atoms with Gasteiger partial charge in [0.1, 0.15) is 24.7 Å². The second-order valence-electron chi connectivity index (χ2n) is 3.30. The van der Waals surface area contributed by atoms with Gasteiger partial charge < -0.3 is 14.1 Å². The topological polar surface area (TPSA) is 77.0 Å². The highest BCUT2D eigenvalue weighted by atomic mass is 16.4. The van der Waals surface area contributed by atoms with E-state index in [4.69, 9.17) is 9.52 Å². The van der Waals surface area contributed by atoms with Gasteiger partial charge in [-0.1, -0.05) is 0 Å². The van der Waals surface area contributed by atoms with Gasteiger partial charge in [0.15, 0.2) is 5.82 Å². The van der Waals surface area contributed by atoms with Crippen molar-refractivity contribution in [2.24, 2.45) is 0 Å². The monoisotopic (exact) mass is 208 g/mol. The molecule has 0 aliphatic rings. The Morgan fingerprint density at radius 1 is 1.60 bits per heavy atom. The number of rotatable bonds is 3. The number of oxazole rings is 1. The molecule has 2 aromatic rings. The molecule has 2 aromatic heterocycles. The van der Waals surface area contributed by atoms with Crippen molar-refractivity contribution in [2.45, 2.75) is 26.5 Å². The number of aryl methyl sites for hydroxylation is 1. The maximum Gasteiger partial charge on any atom is 0.217 e. The number of hydrogen-bond donors (Lipinski definition) is 1. The van der Waals surface area contributed by atoms with Crippen molar-refractivity contribution in [3.63, 3.8) is 0 Å². The van der Waals surface area contributed by atoms with Gasteiger partial charge in [0.25, 0.3) is 0 Å². The average molecular weight is 208 g/mol. The summed E-state index contributed by atoms with van der Waals surface area (Å²) in [6.45, 7) is 3.60. The zero-order valence-corrected chi connectivity index (χ0v) is 8.58. The van der Waals surface area contributed by atoms with Gasteiger partial charge in [0.05, 0.1) is 6.20 Å². The van der Waals surface area contributed by atoms with Crippen molar-refractivity contribution >= 4 is 0 Å². The molecule has 1 atom stereocenters. The number of nitrogens with zero attached hydrogens (tertiary/aromatic N) is 4. The fraction of sp³-hybridized carbons (Fsp3) is 0.444. The van der Waals surface area contributed by atoms with Crippen molar-refractivity contribution in [1.82, 2.24) is 19.7 Å². The second kappa shape index (κ2) is 3.82. The predicted molar refractivity (Wildman–Crippen MR) is 51.0 cm³/mol. The molecule has 0 bridgehead atoms. The average Bonchev–Trinajstić information content (AvgIpc) is 2.84. The SMILES string of the molecule is Cc1cnc(C(C)n2cnnc2CO)o1. The lowest BCUT2D eigenvalue weighted by Crippen LogP contribution is -2.10. The lowest BCUT2D eigenvalue weighted by molar-refractivity contribution is 0.260. The fourth-order valence-corrected chi connectivity index (χ4v) is 1.39. The van der Waals surface area contributed by atoms with Gasteiger partial charge in [-0.15, -0.1) is 10.2 Å². The van der Waals surface area contributed by atoms with Crippen LogP contribution in [0.25, 0.3) is 0 Å². The van der Waals surface area contributed by atoms with E-state index in [1.165, 1.54) is 0 Å². The highest BCUT2D eigenvalue weighted by Gasteiger charge is 2.16. The maximum atomic E-state index is 9.03. The lowest BCUT2D eigenvalue weighted by Gasteiger charge is -2.10. The van der Waals surface area contributed by atoms with Gasteiger partial charge in [-0.25, -0.2) is 4.98 Å². The van der Waals surface area contributed by atoms with E-state index in [9.17, 15) is 0 Å². The van der Waals surface area contributed by atoms with Crippen molar-refractivity contribution in [1.29, 1.82) is 0 Å². The highest BCUT2D eigenvalue weighted by Crippen LogP contribution is 2.18. The summed E-state index contributed by atoms with van der Waals surface area (Å²) < 4.78 is 7.13. The van der Waals surface area contributed by atoms with Crippen molar-refractivity contribution in [3.05, 3.63) is 30.0 Å². The van der Waals surface area contributed by atoms with E-state index in [0.29, 0.717) is 11.7 Å². The van der Waals surface area contributed by atoms with E-state index in [1.54, 1.807) is 17.1 Å². The third-order valence-corrected chi connectivity index (χ3v) is 2.20. The van der Waals surface area contributed by atoms with Crippen LogP contribution in [0, 0.1) is 6.92 Å². The summed E-state index contributed by atoms with van der Waals surface area (Å²) in [5.74, 6) is 1.84. The van der Waals surface area contributed by atoms with Crippen LogP contribution in [0.15, 0.2) is 16.9 Å². The van der Waals surface area contributed by atoms with E-state index in [1.807, 2.05) is 13.8 Å². The largest absolute Gasteiger partial charge is 0.444 e. The van der Waals surface area contributed by atoms with Gasteiger partial charge in [-0.05, 0) is 13.8 Å². The zero-order chi connectivity index (χ0) is 10.8. The summed E-state index contributed by atoms with van der Waals surface area (Å²) in [5.41, 5.74) is 0. The molecular formula is C9H12N4O2. The van der Waals surface area contributed by atoms with Crippen LogP contribution in [0.4, 0.5) is 0 Å². The quantitative estimate of drug-likeness (QED) is 0.802. The maximum absolute atomic E-state index is 9.03. The summed E-state index contributed by atoms with van der Waals surface area (Å²) in [6.07, 6.45) is 3.21. The smallest absolute Gasteiger partial charge is 0.217 e. The first-order valence-electron chi connectivity index (χ1n) is 4.64. The molecule has 1 unspecified atom stereocenters. The third-order valence-electron chi connectivity index (χ3n) is 2.20. The Morgan fingerprint density at radius 3 is 3.00 bits per heavy atom. The van der Waals surface area contributed by atoms with Crippen LogP contribution in [0.5, 0.6) is 0 Å². The molecule has 0 saturated carbocycles. The van der Waals surface area contributed by atoms with E-state index >= 15 is 0 Å². The fourth-order valence-electron chi connectivity index (χ4n) is 1.39. The minimum absolute atomic E-state index is 0.115. The minimum atomic E-state index is -0.149. The molecule has 15 heavy (non-hydrogen) atoms. The Labute approximate surface area is 86.6 Å². The van der Waals surface area contributed by atoms with Crippen LogP contribution in [0.2, 0.25) is 0 Å². The lowest BCUT2D eigenvalue weighted by atomic mass is 10.3. The summed E-state index contributed by atoms with van der Waals surface area (Å²) >= 11 is 0. The molecule has 0 aromatic carbocycles. The van der Waals surface area contributed by atoms with Gasteiger partial charge in [0, 0.05) is 0 Å². The van der Waals surface area contributed by atoms with Crippen LogP contribution >= 0.6 is 0 Å². The molecule has 0 aliphatic carbocycles. The normalized spacial score (nSPS) is 13.0. The van der Waals surface area contributed by atoms with Crippen LogP contribution in [0.1, 0.15) is 30.4 Å². The van der Waals surface area contributed by atoms with Crippen LogP contribution in [-0.2, 0) is 6.61 Å². The highest BCUT2D eigenvalue weighted by molar-refractivity contribution is 4.99. The van der Waals surface area contributed by atoms with Crippen LogP contribution in [-0.4, -0.2) is 24.9 Å². The van der Waals surface area contributed by atoms with E-state index in [2.05, 4.69) is 15.2 Å². The van der Waals surface area contributed by atoms with Gasteiger partial charge in [0.2, 0.25) is 5.89 Å². The number of aliphatic hydroxyl groups is 1. The second-order valence-corrected chi connectivity index (χ2v) is 3.30. The van der Waals surface area contributed by atoms with Crippen molar-refractivity contribution < 1.29 is 9.52 Å². The minimum Gasteiger partial charge on any atom is -0.444 e. The van der Waals surface area contributed by atoms with E-state index in [-0.39, 0.29) is 12.6 Å². The Morgan fingerprint density at radius 2 is 2.40 bits per heavy atom. The third kappa shape index (κ3) is 1.75. The molecule has 1 N–H and O–H groups in total. The standard InChI is InChI=1S/C9H12N4O2/c1-6-3-10-9(15-6)7(2)13-5-11-12-8(13)4-14/h3,5,7,14H,4H2,1-2H3. The molecule has 6 heteroatoms. The molecule has 80 valence electrons.